The number of furan rings is 1. The molecule has 0 spiro atoms. The van der Waals surface area contributed by atoms with Gasteiger partial charge >= 0.3 is 11.9 Å². The van der Waals surface area contributed by atoms with Crippen LogP contribution in [0.2, 0.25) is 0 Å². The molecule has 0 unspecified atom stereocenters. The molecule has 2 aromatic rings. The molecular weight excluding hydrogens is 320 g/mol. The number of Topliss-reactive ketones (excluding diaryl/α,β-unsaturated/α-hetero) is 1. The second-order valence-corrected chi connectivity index (χ2v) is 6.04. The van der Waals surface area contributed by atoms with Gasteiger partial charge in [-0.3, -0.25) is 9.59 Å². The van der Waals surface area contributed by atoms with E-state index in [1.165, 1.54) is 30.6 Å². The van der Waals surface area contributed by atoms with Gasteiger partial charge in [-0.25, -0.2) is 4.79 Å². The molecule has 2 rings (SSSR count). The fourth-order valence-corrected chi connectivity index (χ4v) is 2.65. The van der Waals surface area contributed by atoms with Gasteiger partial charge in [-0.15, -0.1) is 11.3 Å². The predicted octanol–water partition coefficient (Wildman–Crippen LogP) is 3.14. The Labute approximate surface area is 137 Å². The van der Waals surface area contributed by atoms with E-state index >= 15 is 0 Å². The van der Waals surface area contributed by atoms with Crippen LogP contribution in [0.5, 0.6) is 0 Å². The number of thiophene rings is 1. The van der Waals surface area contributed by atoms with Crippen LogP contribution >= 0.6 is 11.3 Å². The molecule has 6 nitrogen and oxygen atoms in total. The van der Waals surface area contributed by atoms with Gasteiger partial charge in [0.05, 0.1) is 18.4 Å². The zero-order valence-corrected chi connectivity index (χ0v) is 13.6. The van der Waals surface area contributed by atoms with Crippen molar-refractivity contribution >= 4 is 29.1 Å². The van der Waals surface area contributed by atoms with Crippen molar-refractivity contribution in [3.63, 3.8) is 0 Å². The smallest absolute Gasteiger partial charge is 0.373 e. The summed E-state index contributed by atoms with van der Waals surface area (Å²) in [6.45, 7) is 1.82. The predicted molar refractivity (Wildman–Crippen MR) is 82.5 cm³/mol. The second-order valence-electron chi connectivity index (χ2n) is 4.75. The molecule has 122 valence electrons. The van der Waals surface area contributed by atoms with Crippen molar-refractivity contribution in [2.45, 2.75) is 26.4 Å². The Morgan fingerprint density at radius 3 is 2.57 bits per heavy atom. The number of ether oxygens (including phenoxy) is 2. The van der Waals surface area contributed by atoms with E-state index < -0.39 is 11.9 Å². The minimum atomic E-state index is -0.598. The van der Waals surface area contributed by atoms with Gasteiger partial charge in [-0.2, -0.15) is 0 Å². The lowest BCUT2D eigenvalue weighted by molar-refractivity contribution is -0.145. The lowest BCUT2D eigenvalue weighted by Gasteiger charge is -2.02. The summed E-state index contributed by atoms with van der Waals surface area (Å²) >= 11 is 1.40. The number of esters is 2. The first-order valence-corrected chi connectivity index (χ1v) is 7.73. The van der Waals surface area contributed by atoms with Crippen molar-refractivity contribution in [3.05, 3.63) is 45.5 Å². The Bertz CT molecular complexity index is 712. The highest BCUT2D eigenvalue weighted by Crippen LogP contribution is 2.18. The summed E-state index contributed by atoms with van der Waals surface area (Å²) in [5.41, 5.74) is 0. The Balaban J connectivity index is 1.76. The molecule has 0 saturated heterocycles. The molecule has 2 aromatic heterocycles. The molecule has 0 aliphatic heterocycles. The third kappa shape index (κ3) is 4.79. The number of hydrogen-bond acceptors (Lipinski definition) is 7. The lowest BCUT2D eigenvalue weighted by atomic mass is 10.2. The average molecular weight is 336 g/mol. The fourth-order valence-electron chi connectivity index (χ4n) is 1.81. The van der Waals surface area contributed by atoms with Crippen LogP contribution in [0.3, 0.4) is 0 Å². The third-order valence-electron chi connectivity index (χ3n) is 3.00. The van der Waals surface area contributed by atoms with Crippen LogP contribution in [-0.4, -0.2) is 24.8 Å². The summed E-state index contributed by atoms with van der Waals surface area (Å²) in [5, 5.41) is 0. The summed E-state index contributed by atoms with van der Waals surface area (Å²) in [6, 6.07) is 6.59. The molecule has 0 saturated carbocycles. The van der Waals surface area contributed by atoms with Crippen molar-refractivity contribution in [3.8, 4) is 0 Å². The molecule has 0 bridgehead atoms. The van der Waals surface area contributed by atoms with Crippen molar-refractivity contribution in [1.82, 2.24) is 0 Å². The first kappa shape index (κ1) is 17.0. The number of hydrogen-bond donors (Lipinski definition) is 0. The SMILES string of the molecule is COC(=O)c1ccc(COC(=O)CCC(=O)c2ccc(C)s2)o1. The molecule has 0 aliphatic carbocycles. The van der Waals surface area contributed by atoms with Gasteiger partial charge in [-0.05, 0) is 31.2 Å². The van der Waals surface area contributed by atoms with E-state index in [1.54, 1.807) is 6.07 Å². The summed E-state index contributed by atoms with van der Waals surface area (Å²) in [7, 11) is 1.25. The molecule has 23 heavy (non-hydrogen) atoms. The van der Waals surface area contributed by atoms with E-state index in [9.17, 15) is 14.4 Å². The average Bonchev–Trinajstić information content (AvgIpc) is 3.18. The quantitative estimate of drug-likeness (QED) is 0.570. The van der Waals surface area contributed by atoms with Crippen LogP contribution in [0, 0.1) is 6.92 Å². The molecule has 0 atom stereocenters. The number of methoxy groups -OCH3 is 1. The number of carbonyl (C=O) groups is 3. The second kappa shape index (κ2) is 7.73. The summed E-state index contributed by atoms with van der Waals surface area (Å²) in [6.07, 6.45) is 0.102. The summed E-state index contributed by atoms with van der Waals surface area (Å²) in [4.78, 5) is 36.4. The standard InChI is InChI=1S/C16H16O6S/c1-10-3-7-14(23-10)12(17)5-8-15(18)21-9-11-4-6-13(22-11)16(19)20-2/h3-4,6-7H,5,8-9H2,1-2H3. The molecule has 0 fully saturated rings. The zero-order chi connectivity index (χ0) is 16.8. The largest absolute Gasteiger partial charge is 0.463 e. The number of rotatable bonds is 7. The van der Waals surface area contributed by atoms with Gasteiger partial charge in [0.2, 0.25) is 5.76 Å². The van der Waals surface area contributed by atoms with Gasteiger partial charge < -0.3 is 13.9 Å². The van der Waals surface area contributed by atoms with Gasteiger partial charge in [0.15, 0.2) is 5.78 Å². The van der Waals surface area contributed by atoms with E-state index in [0.29, 0.717) is 10.6 Å². The topological polar surface area (TPSA) is 82.8 Å². The van der Waals surface area contributed by atoms with E-state index in [-0.39, 0.29) is 31.0 Å². The van der Waals surface area contributed by atoms with Crippen LogP contribution in [0.4, 0.5) is 0 Å². The van der Waals surface area contributed by atoms with E-state index in [0.717, 1.165) is 4.88 Å². The van der Waals surface area contributed by atoms with Crippen molar-refractivity contribution < 1.29 is 28.3 Å². The maximum atomic E-state index is 11.9. The first-order valence-electron chi connectivity index (χ1n) is 6.92. The maximum Gasteiger partial charge on any atom is 0.373 e. The normalized spacial score (nSPS) is 10.3. The fraction of sp³-hybridized carbons (Fsp3) is 0.312. The monoisotopic (exact) mass is 336 g/mol. The highest BCUT2D eigenvalue weighted by molar-refractivity contribution is 7.14. The Morgan fingerprint density at radius 1 is 1.13 bits per heavy atom. The molecule has 7 heteroatoms. The Hall–Kier alpha value is -2.41. The van der Waals surface area contributed by atoms with Crippen LogP contribution in [0.1, 0.15) is 43.7 Å². The molecule has 2 heterocycles. The third-order valence-corrected chi connectivity index (χ3v) is 4.04. The molecule has 0 N–H and O–H groups in total. The van der Waals surface area contributed by atoms with Crippen LogP contribution in [0.25, 0.3) is 0 Å². The first-order chi connectivity index (χ1) is 11.0. The summed E-state index contributed by atoms with van der Waals surface area (Å²) < 4.78 is 14.7. The molecular formula is C16H16O6S. The number of ketones is 1. The van der Waals surface area contributed by atoms with Crippen LogP contribution in [-0.2, 0) is 20.9 Å². The molecule has 0 radical (unpaired) electrons. The lowest BCUT2D eigenvalue weighted by Crippen LogP contribution is -2.07. The van der Waals surface area contributed by atoms with Crippen molar-refractivity contribution in [2.24, 2.45) is 0 Å². The minimum absolute atomic E-state index is 0.000346. The Kier molecular flexibility index (Phi) is 5.70. The van der Waals surface area contributed by atoms with Crippen molar-refractivity contribution in [2.75, 3.05) is 7.11 Å². The van der Waals surface area contributed by atoms with Gasteiger partial charge in [0.25, 0.3) is 0 Å². The highest BCUT2D eigenvalue weighted by Gasteiger charge is 2.14. The molecule has 0 aromatic carbocycles. The van der Waals surface area contributed by atoms with Crippen molar-refractivity contribution in [1.29, 1.82) is 0 Å². The number of carbonyl (C=O) groups excluding carboxylic acids is 3. The molecule has 0 amide bonds. The minimum Gasteiger partial charge on any atom is -0.463 e. The zero-order valence-electron chi connectivity index (χ0n) is 12.8. The van der Waals surface area contributed by atoms with E-state index in [2.05, 4.69) is 4.74 Å². The van der Waals surface area contributed by atoms with Crippen LogP contribution < -0.4 is 0 Å². The Morgan fingerprint density at radius 2 is 1.91 bits per heavy atom. The van der Waals surface area contributed by atoms with Gasteiger partial charge in [0.1, 0.15) is 12.4 Å². The highest BCUT2D eigenvalue weighted by atomic mass is 32.1. The van der Waals surface area contributed by atoms with Gasteiger partial charge in [-0.1, -0.05) is 0 Å². The van der Waals surface area contributed by atoms with Gasteiger partial charge in [0, 0.05) is 11.3 Å². The van der Waals surface area contributed by atoms with Crippen LogP contribution in [0.15, 0.2) is 28.7 Å². The maximum absolute atomic E-state index is 11.9. The molecule has 0 aliphatic rings. The summed E-state index contributed by atoms with van der Waals surface area (Å²) in [5.74, 6) is -0.797. The number of aryl methyl sites for hydroxylation is 1. The van der Waals surface area contributed by atoms with E-state index in [1.807, 2.05) is 13.0 Å². The van der Waals surface area contributed by atoms with E-state index in [4.69, 9.17) is 9.15 Å².